The molecule has 23 heteroatoms. The van der Waals surface area contributed by atoms with Crippen LogP contribution in [0.5, 0.6) is 11.5 Å². The minimum atomic E-state index is -5.97. The molecule has 6 aromatic heterocycles. The number of aromatic hydroxyl groups is 1. The first-order valence-electron chi connectivity index (χ1n) is 21.8. The lowest BCUT2D eigenvalue weighted by atomic mass is 10.1. The standard InChI is InChI=1S/C22H17N3O2.C15H10F3N3O5S.C14H11N3O3/c26-21-13-19(12-11-17-7-3-1-4-8-17)20-14-23-16-24-22(20)25(21)27-15-18-9-5-2-6-10-18;16-15(17,18)27(23,24)26-12-6-13(22)21(14-11(12)7-19-9-20-14)25-8-10-4-2-1-3-5-10;18-12-6-13(19)17(14-11(12)7-15-9-16-14)20-8-10-4-2-1-3-5-10/h1-14,16H,15H2;1-7,9H,8H2;1-7,9,18H,8H2/b12-11+;;. The molecule has 0 amide bonds. The largest absolute Gasteiger partial charge is 0.534 e. The molecule has 19 nitrogen and oxygen atoms in total. The number of hydrogen-bond donors (Lipinski definition) is 1. The first kappa shape index (κ1) is 50.6. The van der Waals surface area contributed by atoms with E-state index in [9.17, 15) is 41.1 Å². The molecule has 0 atom stereocenters. The fraction of sp³-hybridized carbons (Fsp3) is 0.0784. The number of hydrogen-bond acceptors (Lipinski definition) is 16. The molecule has 10 rings (SSSR count). The van der Waals surface area contributed by atoms with Gasteiger partial charge in [-0.25, -0.2) is 29.9 Å². The molecule has 0 unspecified atom stereocenters. The molecule has 6 heterocycles. The molecular weight excluding hydrogens is 988 g/mol. The number of rotatable bonds is 13. The fourth-order valence-corrected chi connectivity index (χ4v) is 7.20. The van der Waals surface area contributed by atoms with Gasteiger partial charge in [-0.15, -0.1) is 14.2 Å². The molecule has 4 aromatic carbocycles. The molecule has 0 saturated heterocycles. The Balaban J connectivity index is 0.000000150. The molecule has 0 aliphatic rings. The number of aromatic nitrogens is 9. The average Bonchev–Trinajstić information content (AvgIpc) is 3.41. The van der Waals surface area contributed by atoms with E-state index in [1.54, 1.807) is 36.5 Å². The van der Waals surface area contributed by atoms with Crippen molar-refractivity contribution in [2.45, 2.75) is 25.3 Å². The van der Waals surface area contributed by atoms with Gasteiger partial charge in [-0.3, -0.25) is 14.4 Å². The highest BCUT2D eigenvalue weighted by Crippen LogP contribution is 2.30. The maximum Gasteiger partial charge on any atom is 0.534 e. The number of benzene rings is 4. The summed E-state index contributed by atoms with van der Waals surface area (Å²) in [7, 11) is -5.97. The number of halogens is 3. The Bertz CT molecular complexity index is 3870. The van der Waals surface area contributed by atoms with Gasteiger partial charge in [0.1, 0.15) is 44.6 Å². The summed E-state index contributed by atoms with van der Waals surface area (Å²) in [6.07, 6.45) is 11.7. The molecule has 0 fully saturated rings. The van der Waals surface area contributed by atoms with Crippen molar-refractivity contribution in [3.05, 3.63) is 236 Å². The molecule has 374 valence electrons. The molecular formula is C51H38F3N9O10S. The van der Waals surface area contributed by atoms with Crippen molar-refractivity contribution in [1.82, 2.24) is 44.1 Å². The molecule has 10 aromatic rings. The van der Waals surface area contributed by atoms with Crippen LogP contribution in [0.4, 0.5) is 13.2 Å². The Kier molecular flexibility index (Phi) is 15.7. The quantitative estimate of drug-likeness (QED) is 0.0976. The van der Waals surface area contributed by atoms with Gasteiger partial charge in [0, 0.05) is 36.1 Å². The van der Waals surface area contributed by atoms with E-state index in [2.05, 4.69) is 34.1 Å². The predicted molar refractivity (Wildman–Crippen MR) is 264 cm³/mol. The average molecular weight is 1030 g/mol. The van der Waals surface area contributed by atoms with Crippen molar-refractivity contribution in [3.8, 4) is 11.5 Å². The van der Waals surface area contributed by atoms with Gasteiger partial charge in [0.15, 0.2) is 22.7 Å². The van der Waals surface area contributed by atoms with Crippen LogP contribution >= 0.6 is 0 Å². The third kappa shape index (κ3) is 12.4. The lowest BCUT2D eigenvalue weighted by Crippen LogP contribution is -2.31. The Morgan fingerprint density at radius 2 is 0.905 bits per heavy atom. The highest BCUT2D eigenvalue weighted by atomic mass is 32.2. The zero-order chi connectivity index (χ0) is 52.1. The maximum atomic E-state index is 12.6. The van der Waals surface area contributed by atoms with Crippen LogP contribution in [0.15, 0.2) is 191 Å². The van der Waals surface area contributed by atoms with Gasteiger partial charge in [-0.1, -0.05) is 133 Å². The minimum Gasteiger partial charge on any atom is -0.507 e. The topological polar surface area (TPSA) is 235 Å². The highest BCUT2D eigenvalue weighted by Gasteiger charge is 2.49. The van der Waals surface area contributed by atoms with Crippen molar-refractivity contribution in [3.63, 3.8) is 0 Å². The van der Waals surface area contributed by atoms with E-state index in [0.717, 1.165) is 55.7 Å². The van der Waals surface area contributed by atoms with Crippen molar-refractivity contribution < 1.29 is 45.4 Å². The molecule has 0 bridgehead atoms. The van der Waals surface area contributed by atoms with Gasteiger partial charge >= 0.3 is 15.6 Å². The van der Waals surface area contributed by atoms with Gasteiger partial charge in [0.25, 0.3) is 16.7 Å². The number of nitrogens with zero attached hydrogens (tertiary/aromatic N) is 9. The SMILES string of the molecule is O=c1cc(/C=C/c2ccccc2)c2cncnc2n1OCc1ccccc1.O=c1cc(O)c2cncnc2n1OCc1ccccc1.O=c1cc(OS(=O)(=O)C(F)(F)F)c2cncnc2n1OCc1ccccc1. The summed E-state index contributed by atoms with van der Waals surface area (Å²) in [5, 5.41) is 10.6. The van der Waals surface area contributed by atoms with Crippen LogP contribution in [0, 0.1) is 0 Å². The van der Waals surface area contributed by atoms with Gasteiger partial charge < -0.3 is 23.8 Å². The predicted octanol–water partition coefficient (Wildman–Crippen LogP) is 6.37. The molecule has 0 aliphatic heterocycles. The van der Waals surface area contributed by atoms with E-state index in [0.29, 0.717) is 22.7 Å². The van der Waals surface area contributed by atoms with Crippen LogP contribution < -0.4 is 35.4 Å². The van der Waals surface area contributed by atoms with E-state index >= 15 is 0 Å². The zero-order valence-electron chi connectivity index (χ0n) is 38.2. The van der Waals surface area contributed by atoms with E-state index < -0.39 is 32.5 Å². The van der Waals surface area contributed by atoms with Gasteiger partial charge in [-0.05, 0) is 27.8 Å². The molecule has 74 heavy (non-hydrogen) atoms. The Hall–Kier alpha value is -9.77. The lowest BCUT2D eigenvalue weighted by molar-refractivity contribution is -0.0499. The summed E-state index contributed by atoms with van der Waals surface area (Å²) in [4.78, 5) is 76.9. The second-order valence-corrected chi connectivity index (χ2v) is 16.9. The smallest absolute Gasteiger partial charge is 0.507 e. The zero-order valence-corrected chi connectivity index (χ0v) is 39.0. The summed E-state index contributed by atoms with van der Waals surface area (Å²) in [6.45, 7) is 0.463. The van der Waals surface area contributed by atoms with Crippen molar-refractivity contribution in [2.24, 2.45) is 0 Å². The van der Waals surface area contributed by atoms with Gasteiger partial charge in [-0.2, -0.15) is 21.6 Å². The van der Waals surface area contributed by atoms with Crippen molar-refractivity contribution in [1.29, 1.82) is 0 Å². The highest BCUT2D eigenvalue weighted by molar-refractivity contribution is 7.88. The Morgan fingerprint density at radius 3 is 1.38 bits per heavy atom. The minimum absolute atomic E-state index is 0.0408. The van der Waals surface area contributed by atoms with Gasteiger partial charge in [0.2, 0.25) is 0 Å². The summed E-state index contributed by atoms with van der Waals surface area (Å²) >= 11 is 0. The summed E-state index contributed by atoms with van der Waals surface area (Å²) in [5.41, 5.74) is -2.54. The maximum absolute atomic E-state index is 12.6. The van der Waals surface area contributed by atoms with E-state index in [1.165, 1.54) is 29.6 Å². The molecule has 0 saturated carbocycles. The fourth-order valence-electron chi connectivity index (χ4n) is 6.73. The third-order valence-electron chi connectivity index (χ3n) is 10.2. The molecule has 0 aliphatic carbocycles. The monoisotopic (exact) mass is 1030 g/mol. The summed E-state index contributed by atoms with van der Waals surface area (Å²) in [5.74, 6) is -1.02. The van der Waals surface area contributed by atoms with Crippen LogP contribution in [0.3, 0.4) is 0 Å². The van der Waals surface area contributed by atoms with Gasteiger partial charge in [0.05, 0.1) is 16.8 Å². The third-order valence-corrected chi connectivity index (χ3v) is 11.2. The molecule has 0 spiro atoms. The summed E-state index contributed by atoms with van der Waals surface area (Å²) in [6, 6.07) is 41.0. The molecule has 1 N–H and O–H groups in total. The van der Waals surface area contributed by atoms with Crippen LogP contribution in [0.1, 0.15) is 27.8 Å². The van der Waals surface area contributed by atoms with Crippen LogP contribution in [-0.4, -0.2) is 63.1 Å². The second-order valence-electron chi connectivity index (χ2n) is 15.3. The van der Waals surface area contributed by atoms with Crippen molar-refractivity contribution >= 4 is 55.4 Å². The second kappa shape index (κ2) is 23.0. The van der Waals surface area contributed by atoms with Crippen LogP contribution in [0.2, 0.25) is 0 Å². The summed E-state index contributed by atoms with van der Waals surface area (Å²) < 4.78 is 67.2. The van der Waals surface area contributed by atoms with E-state index in [4.69, 9.17) is 14.5 Å². The first-order chi connectivity index (χ1) is 35.8. The number of pyridine rings is 3. The van der Waals surface area contributed by atoms with Crippen LogP contribution in [-0.2, 0) is 29.9 Å². The van der Waals surface area contributed by atoms with Crippen LogP contribution in [0.25, 0.3) is 45.3 Å². The molecule has 0 radical (unpaired) electrons. The number of alkyl halides is 3. The van der Waals surface area contributed by atoms with Crippen molar-refractivity contribution in [2.75, 3.05) is 0 Å². The Morgan fingerprint density at radius 1 is 0.514 bits per heavy atom. The Labute approximate surface area is 416 Å². The van der Waals surface area contributed by atoms with E-state index in [-0.39, 0.29) is 47.8 Å². The normalized spacial score (nSPS) is 11.3. The lowest BCUT2D eigenvalue weighted by Gasteiger charge is -2.14. The number of fused-ring (bicyclic) bond motifs is 3. The van der Waals surface area contributed by atoms with E-state index in [1.807, 2.05) is 103 Å². The first-order valence-corrected chi connectivity index (χ1v) is 23.2.